The molecular weight excluding hydrogens is 190 g/mol. The predicted molar refractivity (Wildman–Crippen MR) is 53.0 cm³/mol. The van der Waals surface area contributed by atoms with E-state index in [4.69, 9.17) is 11.6 Å². The third kappa shape index (κ3) is 1.46. The highest BCUT2D eigenvalue weighted by atomic mass is 35.5. The minimum absolute atomic E-state index is 0.795. The number of hydrogen-bond acceptors (Lipinski definition) is 2. The standard InChI is InChI=1S/C9H10ClNS/c1-6-7(10)5-9-8(11-6)3-2-4-12-9/h5H,2-4H2,1H3. The van der Waals surface area contributed by atoms with E-state index in [1.807, 2.05) is 24.8 Å². The van der Waals surface area contributed by atoms with Gasteiger partial charge in [-0.15, -0.1) is 11.8 Å². The topological polar surface area (TPSA) is 12.9 Å². The van der Waals surface area contributed by atoms with Crippen LogP contribution in [0.5, 0.6) is 0 Å². The Morgan fingerprint density at radius 1 is 1.58 bits per heavy atom. The van der Waals surface area contributed by atoms with Crippen molar-refractivity contribution in [3.63, 3.8) is 0 Å². The molecular formula is C9H10ClNS. The molecule has 3 heteroatoms. The van der Waals surface area contributed by atoms with Crippen LogP contribution < -0.4 is 0 Å². The summed E-state index contributed by atoms with van der Waals surface area (Å²) in [5.41, 5.74) is 2.19. The molecule has 0 amide bonds. The number of aryl methyl sites for hydroxylation is 2. The Morgan fingerprint density at radius 3 is 3.25 bits per heavy atom. The van der Waals surface area contributed by atoms with Gasteiger partial charge in [-0.3, -0.25) is 4.98 Å². The fraction of sp³-hybridized carbons (Fsp3) is 0.444. The molecule has 0 atom stereocenters. The van der Waals surface area contributed by atoms with Crippen molar-refractivity contribution in [3.05, 3.63) is 22.5 Å². The van der Waals surface area contributed by atoms with Crippen LogP contribution in [-0.4, -0.2) is 10.7 Å². The van der Waals surface area contributed by atoms with E-state index in [0.717, 1.165) is 17.1 Å². The molecule has 0 bridgehead atoms. The Bertz CT molecular complexity index is 281. The van der Waals surface area contributed by atoms with E-state index in [2.05, 4.69) is 4.98 Å². The number of rotatable bonds is 0. The molecule has 0 radical (unpaired) electrons. The van der Waals surface area contributed by atoms with Crippen molar-refractivity contribution < 1.29 is 0 Å². The second kappa shape index (κ2) is 3.27. The summed E-state index contributed by atoms with van der Waals surface area (Å²) in [6.45, 7) is 1.96. The SMILES string of the molecule is Cc1nc2c(cc1Cl)SCCC2. The highest BCUT2D eigenvalue weighted by molar-refractivity contribution is 7.99. The summed E-state index contributed by atoms with van der Waals surface area (Å²) in [6, 6.07) is 2.04. The molecule has 0 saturated carbocycles. The van der Waals surface area contributed by atoms with Crippen LogP contribution in [0.25, 0.3) is 0 Å². The lowest BCUT2D eigenvalue weighted by atomic mass is 10.2. The van der Waals surface area contributed by atoms with Gasteiger partial charge >= 0.3 is 0 Å². The molecule has 0 saturated heterocycles. The Morgan fingerprint density at radius 2 is 2.42 bits per heavy atom. The number of halogens is 1. The van der Waals surface area contributed by atoms with Crippen LogP contribution in [0.1, 0.15) is 17.8 Å². The molecule has 2 heterocycles. The van der Waals surface area contributed by atoms with Crippen molar-refractivity contribution in [1.29, 1.82) is 0 Å². The van der Waals surface area contributed by atoms with Gasteiger partial charge in [0.15, 0.2) is 0 Å². The minimum atomic E-state index is 0.795. The molecule has 0 spiro atoms. The lowest BCUT2D eigenvalue weighted by Gasteiger charge is -2.14. The van der Waals surface area contributed by atoms with Gasteiger partial charge in [0, 0.05) is 4.90 Å². The maximum Gasteiger partial charge on any atom is 0.0629 e. The van der Waals surface area contributed by atoms with Gasteiger partial charge in [-0.1, -0.05) is 11.6 Å². The summed E-state index contributed by atoms with van der Waals surface area (Å²) in [5.74, 6) is 1.20. The molecule has 1 aromatic rings. The van der Waals surface area contributed by atoms with Gasteiger partial charge in [0.05, 0.1) is 16.4 Å². The zero-order chi connectivity index (χ0) is 8.55. The van der Waals surface area contributed by atoms with Crippen LogP contribution in [0.15, 0.2) is 11.0 Å². The van der Waals surface area contributed by atoms with Crippen LogP contribution >= 0.6 is 23.4 Å². The number of aromatic nitrogens is 1. The van der Waals surface area contributed by atoms with E-state index in [1.165, 1.54) is 22.8 Å². The summed E-state index contributed by atoms with van der Waals surface area (Å²) in [6.07, 6.45) is 2.35. The largest absolute Gasteiger partial charge is 0.255 e. The minimum Gasteiger partial charge on any atom is -0.255 e. The van der Waals surface area contributed by atoms with Crippen LogP contribution in [0, 0.1) is 6.92 Å². The first-order valence-corrected chi connectivity index (χ1v) is 5.42. The second-order valence-corrected chi connectivity index (χ2v) is 4.50. The van der Waals surface area contributed by atoms with E-state index in [9.17, 15) is 0 Å². The van der Waals surface area contributed by atoms with Crippen LogP contribution in [0.4, 0.5) is 0 Å². The van der Waals surface area contributed by atoms with Gasteiger partial charge < -0.3 is 0 Å². The van der Waals surface area contributed by atoms with Crippen LogP contribution in [0.3, 0.4) is 0 Å². The first-order chi connectivity index (χ1) is 5.77. The van der Waals surface area contributed by atoms with Crippen molar-refractivity contribution in [2.75, 3.05) is 5.75 Å². The maximum atomic E-state index is 5.97. The van der Waals surface area contributed by atoms with Crippen molar-refractivity contribution >= 4 is 23.4 Å². The van der Waals surface area contributed by atoms with Crippen molar-refractivity contribution in [2.45, 2.75) is 24.7 Å². The Hall–Kier alpha value is -0.210. The van der Waals surface area contributed by atoms with E-state index < -0.39 is 0 Å². The van der Waals surface area contributed by atoms with Gasteiger partial charge in [-0.05, 0) is 31.6 Å². The highest BCUT2D eigenvalue weighted by Crippen LogP contribution is 2.31. The highest BCUT2D eigenvalue weighted by Gasteiger charge is 2.12. The van der Waals surface area contributed by atoms with Crippen LogP contribution in [-0.2, 0) is 6.42 Å². The Kier molecular flexibility index (Phi) is 2.28. The average molecular weight is 200 g/mol. The summed E-state index contributed by atoms with van der Waals surface area (Å²) in [7, 11) is 0. The van der Waals surface area contributed by atoms with Crippen LogP contribution in [0.2, 0.25) is 5.02 Å². The van der Waals surface area contributed by atoms with Gasteiger partial charge in [0.1, 0.15) is 0 Å². The quantitative estimate of drug-likeness (QED) is 0.637. The van der Waals surface area contributed by atoms with E-state index in [0.29, 0.717) is 0 Å². The zero-order valence-corrected chi connectivity index (χ0v) is 8.50. The number of hydrogen-bond donors (Lipinski definition) is 0. The lowest BCUT2D eigenvalue weighted by molar-refractivity contribution is 0.835. The monoisotopic (exact) mass is 199 g/mol. The third-order valence-electron chi connectivity index (χ3n) is 2.01. The third-order valence-corrected chi connectivity index (χ3v) is 3.55. The van der Waals surface area contributed by atoms with Gasteiger partial charge in [-0.2, -0.15) is 0 Å². The summed E-state index contributed by atoms with van der Waals surface area (Å²) >= 11 is 7.83. The molecule has 12 heavy (non-hydrogen) atoms. The van der Waals surface area contributed by atoms with Gasteiger partial charge in [0.25, 0.3) is 0 Å². The molecule has 0 fully saturated rings. The first kappa shape index (κ1) is 8.39. The Labute approximate surface area is 81.5 Å². The molecule has 0 unspecified atom stereocenters. The molecule has 1 aliphatic rings. The summed E-state index contributed by atoms with van der Waals surface area (Å²) < 4.78 is 0. The van der Waals surface area contributed by atoms with Crippen molar-refractivity contribution in [2.24, 2.45) is 0 Å². The van der Waals surface area contributed by atoms with Gasteiger partial charge in [0.2, 0.25) is 0 Å². The molecule has 2 rings (SSSR count). The summed E-state index contributed by atoms with van der Waals surface area (Å²) in [5, 5.41) is 0.795. The normalized spacial score (nSPS) is 15.8. The molecule has 0 N–H and O–H groups in total. The number of fused-ring (bicyclic) bond motifs is 1. The number of pyridine rings is 1. The second-order valence-electron chi connectivity index (χ2n) is 2.95. The number of nitrogens with zero attached hydrogens (tertiary/aromatic N) is 1. The predicted octanol–water partition coefficient (Wildman–Crippen LogP) is 3.08. The molecule has 0 aliphatic carbocycles. The first-order valence-electron chi connectivity index (χ1n) is 4.06. The molecule has 1 aromatic heterocycles. The molecule has 64 valence electrons. The zero-order valence-electron chi connectivity index (χ0n) is 6.93. The van der Waals surface area contributed by atoms with Crippen molar-refractivity contribution in [1.82, 2.24) is 4.98 Å². The fourth-order valence-electron chi connectivity index (χ4n) is 1.34. The Balaban J connectivity index is 2.49. The molecule has 1 nitrogen and oxygen atoms in total. The van der Waals surface area contributed by atoms with E-state index in [-0.39, 0.29) is 0 Å². The molecule has 1 aliphatic heterocycles. The van der Waals surface area contributed by atoms with E-state index in [1.54, 1.807) is 0 Å². The van der Waals surface area contributed by atoms with E-state index >= 15 is 0 Å². The average Bonchev–Trinajstić information content (AvgIpc) is 2.07. The van der Waals surface area contributed by atoms with Crippen molar-refractivity contribution in [3.8, 4) is 0 Å². The van der Waals surface area contributed by atoms with Gasteiger partial charge in [-0.25, -0.2) is 0 Å². The summed E-state index contributed by atoms with van der Waals surface area (Å²) in [4.78, 5) is 5.74. The smallest absolute Gasteiger partial charge is 0.0629 e. The number of thioether (sulfide) groups is 1. The maximum absolute atomic E-state index is 5.97. The lowest BCUT2D eigenvalue weighted by Crippen LogP contribution is -2.02. The molecule has 0 aromatic carbocycles. The fourth-order valence-corrected chi connectivity index (χ4v) is 2.58.